The lowest BCUT2D eigenvalue weighted by Gasteiger charge is -2.35. The number of carbonyl (C=O) groups is 3. The van der Waals surface area contributed by atoms with Gasteiger partial charge in [-0.1, -0.05) is 30.7 Å². The van der Waals surface area contributed by atoms with Gasteiger partial charge in [0.25, 0.3) is 0 Å². The number of hydrogen-bond donors (Lipinski definition) is 3. The highest BCUT2D eigenvalue weighted by molar-refractivity contribution is 5.93. The second-order valence-electron chi connectivity index (χ2n) is 10.3. The Hall–Kier alpha value is -2.61. The van der Waals surface area contributed by atoms with E-state index in [9.17, 15) is 19.5 Å². The summed E-state index contributed by atoms with van der Waals surface area (Å²) in [6.45, 7) is 14.1. The molecule has 1 aromatic rings. The molecule has 184 valence electrons. The molecule has 1 aliphatic carbocycles. The van der Waals surface area contributed by atoms with Crippen LogP contribution < -0.4 is 10.6 Å². The second kappa shape index (κ2) is 10.5. The molecule has 4 unspecified atom stereocenters. The van der Waals surface area contributed by atoms with E-state index in [1.54, 1.807) is 25.7 Å². The molecule has 0 bridgehead atoms. The van der Waals surface area contributed by atoms with Gasteiger partial charge in [0.1, 0.15) is 17.7 Å². The molecule has 3 amide bonds. The van der Waals surface area contributed by atoms with E-state index in [4.69, 9.17) is 4.74 Å². The van der Waals surface area contributed by atoms with E-state index in [1.807, 2.05) is 52.8 Å². The quantitative estimate of drug-likeness (QED) is 0.552. The topological polar surface area (TPSA) is 108 Å². The van der Waals surface area contributed by atoms with E-state index >= 15 is 0 Å². The SMILES string of the molecule is Cc1ccc(C)c(C(C(=O)NC(C)C)N(C(=O)C(CO)NC(=O)OC(C)(C)C)C2CC2C)c1. The lowest BCUT2D eigenvalue weighted by atomic mass is 9.95. The van der Waals surface area contributed by atoms with Crippen LogP contribution in [0, 0.1) is 19.8 Å². The van der Waals surface area contributed by atoms with E-state index < -0.39 is 36.3 Å². The maximum Gasteiger partial charge on any atom is 0.408 e. The van der Waals surface area contributed by atoms with Gasteiger partial charge in [-0.05, 0) is 71.9 Å². The molecule has 33 heavy (non-hydrogen) atoms. The van der Waals surface area contributed by atoms with Gasteiger partial charge in [0.15, 0.2) is 0 Å². The summed E-state index contributed by atoms with van der Waals surface area (Å²) < 4.78 is 5.27. The van der Waals surface area contributed by atoms with Gasteiger partial charge >= 0.3 is 6.09 Å². The van der Waals surface area contributed by atoms with E-state index in [-0.39, 0.29) is 23.9 Å². The van der Waals surface area contributed by atoms with Gasteiger partial charge in [-0.3, -0.25) is 9.59 Å². The van der Waals surface area contributed by atoms with Crippen molar-refractivity contribution in [2.45, 2.75) is 91.6 Å². The molecule has 1 aliphatic rings. The van der Waals surface area contributed by atoms with Gasteiger partial charge in [-0.25, -0.2) is 4.79 Å². The fourth-order valence-corrected chi connectivity index (χ4v) is 3.82. The van der Waals surface area contributed by atoms with Crippen molar-refractivity contribution in [2.24, 2.45) is 5.92 Å². The Balaban J connectivity index is 2.48. The van der Waals surface area contributed by atoms with Gasteiger partial charge in [0.2, 0.25) is 11.8 Å². The predicted octanol–water partition coefficient (Wildman–Crippen LogP) is 2.99. The summed E-state index contributed by atoms with van der Waals surface area (Å²) in [6.07, 6.45) is -0.0549. The highest BCUT2D eigenvalue weighted by Gasteiger charge is 2.48. The van der Waals surface area contributed by atoms with Crippen molar-refractivity contribution in [3.05, 3.63) is 34.9 Å². The molecule has 2 rings (SSSR count). The lowest BCUT2D eigenvalue weighted by molar-refractivity contribution is -0.144. The molecular weight excluding hydrogens is 422 g/mol. The van der Waals surface area contributed by atoms with Crippen molar-refractivity contribution in [1.82, 2.24) is 15.5 Å². The first-order chi connectivity index (χ1) is 15.2. The van der Waals surface area contributed by atoms with Crippen LogP contribution in [-0.2, 0) is 14.3 Å². The van der Waals surface area contributed by atoms with Crippen molar-refractivity contribution in [3.63, 3.8) is 0 Å². The highest BCUT2D eigenvalue weighted by Crippen LogP contribution is 2.41. The van der Waals surface area contributed by atoms with Crippen molar-refractivity contribution in [3.8, 4) is 0 Å². The van der Waals surface area contributed by atoms with E-state index in [2.05, 4.69) is 10.6 Å². The molecule has 0 spiro atoms. The first-order valence-corrected chi connectivity index (χ1v) is 11.5. The minimum Gasteiger partial charge on any atom is -0.444 e. The Morgan fingerprint density at radius 2 is 1.79 bits per heavy atom. The summed E-state index contributed by atoms with van der Waals surface area (Å²) in [4.78, 5) is 41.0. The molecule has 0 saturated heterocycles. The van der Waals surface area contributed by atoms with Crippen LogP contribution in [0.1, 0.15) is 70.7 Å². The average molecular weight is 462 g/mol. The minimum absolute atomic E-state index is 0.118. The molecule has 8 nitrogen and oxygen atoms in total. The Bertz CT molecular complexity index is 877. The van der Waals surface area contributed by atoms with Crippen LogP contribution >= 0.6 is 0 Å². The summed E-state index contributed by atoms with van der Waals surface area (Å²) >= 11 is 0. The van der Waals surface area contributed by atoms with Gasteiger partial charge in [-0.15, -0.1) is 0 Å². The van der Waals surface area contributed by atoms with Crippen LogP contribution in [0.5, 0.6) is 0 Å². The molecule has 4 atom stereocenters. The number of benzene rings is 1. The van der Waals surface area contributed by atoms with Crippen LogP contribution in [0.3, 0.4) is 0 Å². The number of carbonyl (C=O) groups excluding carboxylic acids is 3. The minimum atomic E-state index is -1.23. The maximum atomic E-state index is 13.7. The number of hydrogen-bond acceptors (Lipinski definition) is 5. The number of ether oxygens (including phenoxy) is 1. The molecule has 3 N–H and O–H groups in total. The van der Waals surface area contributed by atoms with E-state index in [0.29, 0.717) is 0 Å². The molecule has 0 radical (unpaired) electrons. The predicted molar refractivity (Wildman–Crippen MR) is 127 cm³/mol. The zero-order valence-electron chi connectivity index (χ0n) is 21.1. The first-order valence-electron chi connectivity index (χ1n) is 11.5. The fraction of sp³-hybridized carbons (Fsp3) is 0.640. The molecule has 1 saturated carbocycles. The van der Waals surface area contributed by atoms with Gasteiger partial charge in [0, 0.05) is 12.1 Å². The molecule has 0 aromatic heterocycles. The monoisotopic (exact) mass is 461 g/mol. The lowest BCUT2D eigenvalue weighted by Crippen LogP contribution is -2.55. The highest BCUT2D eigenvalue weighted by atomic mass is 16.6. The Kier molecular flexibility index (Phi) is 8.52. The zero-order chi connectivity index (χ0) is 25.1. The molecular formula is C25H39N3O5. The number of aliphatic hydroxyl groups excluding tert-OH is 1. The molecule has 1 aromatic carbocycles. The van der Waals surface area contributed by atoms with Crippen LogP contribution in [-0.4, -0.2) is 58.2 Å². The maximum absolute atomic E-state index is 13.7. The number of nitrogens with one attached hydrogen (secondary N) is 2. The third-order valence-electron chi connectivity index (χ3n) is 5.54. The Labute approximate surface area is 197 Å². The van der Waals surface area contributed by atoms with Crippen molar-refractivity contribution >= 4 is 17.9 Å². The number of rotatable bonds is 8. The first kappa shape index (κ1) is 26.6. The fourth-order valence-electron chi connectivity index (χ4n) is 3.82. The van der Waals surface area contributed by atoms with Gasteiger partial charge in [-0.2, -0.15) is 0 Å². The van der Waals surface area contributed by atoms with Crippen LogP contribution in [0.25, 0.3) is 0 Å². The Morgan fingerprint density at radius 3 is 2.27 bits per heavy atom. The van der Waals surface area contributed by atoms with E-state index in [1.165, 1.54) is 0 Å². The standard InChI is InChI=1S/C25H39N3O5/c1-14(2)26-22(30)21(18-11-15(3)9-10-16(18)4)28(20-12-17(20)5)23(31)19(13-29)27-24(32)33-25(6,7)8/h9-11,14,17,19-21,29H,12-13H2,1-8H3,(H,26,30)(H,27,32). The molecule has 0 heterocycles. The van der Waals surface area contributed by atoms with Crippen LogP contribution in [0.15, 0.2) is 18.2 Å². The van der Waals surface area contributed by atoms with E-state index in [0.717, 1.165) is 23.1 Å². The second-order valence-corrected chi connectivity index (χ2v) is 10.3. The normalized spacial score (nSPS) is 19.5. The summed E-state index contributed by atoms with van der Waals surface area (Å²) in [5.41, 5.74) is 1.83. The van der Waals surface area contributed by atoms with Crippen molar-refractivity contribution in [1.29, 1.82) is 0 Å². The Morgan fingerprint density at radius 1 is 1.18 bits per heavy atom. The van der Waals surface area contributed by atoms with Crippen molar-refractivity contribution < 1.29 is 24.2 Å². The number of alkyl carbamates (subject to hydrolysis) is 1. The van der Waals surface area contributed by atoms with Crippen LogP contribution in [0.2, 0.25) is 0 Å². The zero-order valence-corrected chi connectivity index (χ0v) is 21.1. The summed E-state index contributed by atoms with van der Waals surface area (Å²) in [5.74, 6) is -0.600. The number of amides is 3. The molecule has 8 heteroatoms. The summed E-state index contributed by atoms with van der Waals surface area (Å²) in [7, 11) is 0. The summed E-state index contributed by atoms with van der Waals surface area (Å²) in [5, 5.41) is 15.4. The van der Waals surface area contributed by atoms with Gasteiger partial charge < -0.3 is 25.4 Å². The third kappa shape index (κ3) is 7.19. The molecule has 0 aliphatic heterocycles. The summed E-state index contributed by atoms with van der Waals surface area (Å²) in [6, 6.07) is 3.41. The number of nitrogens with zero attached hydrogens (tertiary/aromatic N) is 1. The largest absolute Gasteiger partial charge is 0.444 e. The van der Waals surface area contributed by atoms with Crippen LogP contribution in [0.4, 0.5) is 4.79 Å². The third-order valence-corrected chi connectivity index (χ3v) is 5.54. The number of aryl methyl sites for hydroxylation is 2. The number of aliphatic hydroxyl groups is 1. The van der Waals surface area contributed by atoms with Crippen molar-refractivity contribution in [2.75, 3.05) is 6.61 Å². The van der Waals surface area contributed by atoms with Gasteiger partial charge in [0.05, 0.1) is 6.61 Å². The average Bonchev–Trinajstić information content (AvgIpc) is 3.39. The molecule has 1 fully saturated rings. The smallest absolute Gasteiger partial charge is 0.408 e.